The summed E-state index contributed by atoms with van der Waals surface area (Å²) in [5.74, 6) is 1.08. The molecule has 2 heterocycles. The van der Waals surface area contributed by atoms with E-state index in [1.165, 1.54) is 66.1 Å². The lowest BCUT2D eigenvalue weighted by Gasteiger charge is -2.25. The molecule has 4 nitrogen and oxygen atoms in total. The van der Waals surface area contributed by atoms with Gasteiger partial charge in [-0.2, -0.15) is 0 Å². The molecule has 1 unspecified atom stereocenters. The number of carbonyl (C=O) groups excluding carboxylic acids is 1. The van der Waals surface area contributed by atoms with E-state index in [2.05, 4.69) is 76.9 Å². The van der Waals surface area contributed by atoms with Crippen molar-refractivity contribution < 1.29 is 4.79 Å². The number of hydrogen-bond acceptors (Lipinski definition) is 2. The Morgan fingerprint density at radius 1 is 1.03 bits per heavy atom. The van der Waals surface area contributed by atoms with Gasteiger partial charge in [-0.3, -0.25) is 4.79 Å². The Balaban J connectivity index is 1.43. The molecule has 1 amide bonds. The first-order chi connectivity index (χ1) is 17.2. The lowest BCUT2D eigenvalue weighted by Crippen LogP contribution is -2.43. The molecule has 1 aliphatic heterocycles. The van der Waals surface area contributed by atoms with E-state index in [1.807, 2.05) is 0 Å². The van der Waals surface area contributed by atoms with Crippen LogP contribution in [0.5, 0.6) is 0 Å². The number of aryl methyl sites for hydroxylation is 2. The summed E-state index contributed by atoms with van der Waals surface area (Å²) in [5.41, 5.74) is 5.07. The van der Waals surface area contributed by atoms with Gasteiger partial charge in [-0.05, 0) is 62.4 Å². The van der Waals surface area contributed by atoms with Crippen LogP contribution in [0.4, 0.5) is 0 Å². The number of carbonyl (C=O) groups is 1. The second kappa shape index (κ2) is 11.4. The smallest absolute Gasteiger partial charge is 0.221 e. The lowest BCUT2D eigenvalue weighted by atomic mass is 9.87. The predicted molar refractivity (Wildman–Crippen MR) is 145 cm³/mol. The molecule has 2 aliphatic rings. The average molecular weight is 472 g/mol. The zero-order valence-corrected chi connectivity index (χ0v) is 21.3. The fourth-order valence-electron chi connectivity index (χ4n) is 6.27. The molecule has 2 N–H and O–H groups in total. The van der Waals surface area contributed by atoms with E-state index in [0.29, 0.717) is 12.5 Å². The van der Waals surface area contributed by atoms with Crippen molar-refractivity contribution in [3.63, 3.8) is 0 Å². The van der Waals surface area contributed by atoms with Crippen LogP contribution in [-0.4, -0.2) is 29.6 Å². The monoisotopic (exact) mass is 471 g/mol. The Bertz CT molecular complexity index is 1120. The largest absolute Gasteiger partial charge is 0.353 e. The number of benzene rings is 2. The van der Waals surface area contributed by atoms with Crippen LogP contribution in [0.15, 0.2) is 54.7 Å². The van der Waals surface area contributed by atoms with Crippen molar-refractivity contribution in [1.82, 2.24) is 15.2 Å². The van der Waals surface area contributed by atoms with Gasteiger partial charge in [-0.1, -0.05) is 80.1 Å². The van der Waals surface area contributed by atoms with E-state index in [9.17, 15) is 4.79 Å². The van der Waals surface area contributed by atoms with Crippen LogP contribution < -0.4 is 10.6 Å². The Hall–Kier alpha value is -2.59. The van der Waals surface area contributed by atoms with E-state index in [0.717, 1.165) is 38.4 Å². The highest BCUT2D eigenvalue weighted by atomic mass is 16.1. The first-order valence-corrected chi connectivity index (χ1v) is 13.8. The zero-order chi connectivity index (χ0) is 24.0. The summed E-state index contributed by atoms with van der Waals surface area (Å²) in [6.07, 6.45) is 13.1. The molecule has 1 aromatic heterocycles. The van der Waals surface area contributed by atoms with Crippen LogP contribution in [0.2, 0.25) is 0 Å². The molecule has 2 aromatic carbocycles. The average Bonchev–Trinajstić information content (AvgIpc) is 3.26. The van der Waals surface area contributed by atoms with E-state index in [-0.39, 0.29) is 11.8 Å². The Kier molecular flexibility index (Phi) is 7.88. The van der Waals surface area contributed by atoms with Crippen molar-refractivity contribution >= 4 is 16.8 Å². The molecule has 1 aliphatic carbocycles. The first-order valence-electron chi connectivity index (χ1n) is 13.8. The van der Waals surface area contributed by atoms with Crippen molar-refractivity contribution in [2.24, 2.45) is 5.92 Å². The van der Waals surface area contributed by atoms with Crippen molar-refractivity contribution in [2.75, 3.05) is 13.1 Å². The topological polar surface area (TPSA) is 46.1 Å². The first kappa shape index (κ1) is 24.1. The Morgan fingerprint density at radius 3 is 2.63 bits per heavy atom. The van der Waals surface area contributed by atoms with Crippen LogP contribution in [0.1, 0.15) is 80.4 Å². The minimum atomic E-state index is 0.0532. The van der Waals surface area contributed by atoms with Gasteiger partial charge in [0.15, 0.2) is 0 Å². The molecule has 1 saturated heterocycles. The zero-order valence-electron chi connectivity index (χ0n) is 21.3. The highest BCUT2D eigenvalue weighted by Crippen LogP contribution is 2.36. The molecule has 0 bridgehead atoms. The molecule has 1 saturated carbocycles. The van der Waals surface area contributed by atoms with Crippen LogP contribution in [0, 0.1) is 12.8 Å². The van der Waals surface area contributed by atoms with Crippen LogP contribution in [0.25, 0.3) is 10.9 Å². The molecule has 3 aromatic rings. The summed E-state index contributed by atoms with van der Waals surface area (Å²) in [4.78, 5) is 13.3. The summed E-state index contributed by atoms with van der Waals surface area (Å²) in [7, 11) is 0. The molecule has 2 fully saturated rings. The van der Waals surface area contributed by atoms with E-state index >= 15 is 0 Å². The summed E-state index contributed by atoms with van der Waals surface area (Å²) < 4.78 is 2.47. The number of nitrogens with zero attached hydrogens (tertiary/aromatic N) is 1. The Morgan fingerprint density at radius 2 is 1.83 bits per heavy atom. The van der Waals surface area contributed by atoms with Gasteiger partial charge < -0.3 is 15.2 Å². The number of para-hydroxylation sites is 1. The van der Waals surface area contributed by atoms with Gasteiger partial charge in [0.2, 0.25) is 5.91 Å². The molecule has 0 spiro atoms. The molecule has 5 rings (SSSR count). The van der Waals surface area contributed by atoms with Gasteiger partial charge in [0.1, 0.15) is 0 Å². The summed E-state index contributed by atoms with van der Waals surface area (Å²) in [5, 5.41) is 8.02. The van der Waals surface area contributed by atoms with Gasteiger partial charge in [0.05, 0.1) is 0 Å². The number of hydrogen-bond donors (Lipinski definition) is 2. The van der Waals surface area contributed by atoms with Crippen LogP contribution in [0.3, 0.4) is 0 Å². The molecule has 1 atom stereocenters. The van der Waals surface area contributed by atoms with Crippen LogP contribution in [-0.2, 0) is 11.3 Å². The SMILES string of the molecule is Cc1cccc(C(CC(=O)NC2CCNCC2)c2cn(CCC3CCCCC3)c3ccccc23)c1. The minimum absolute atomic E-state index is 0.0532. The molecule has 4 heteroatoms. The minimum Gasteiger partial charge on any atom is -0.353 e. The van der Waals surface area contributed by atoms with Gasteiger partial charge >= 0.3 is 0 Å². The lowest BCUT2D eigenvalue weighted by molar-refractivity contribution is -0.122. The number of fused-ring (bicyclic) bond motifs is 1. The quantitative estimate of drug-likeness (QED) is 0.404. The Labute approximate surface area is 210 Å². The maximum Gasteiger partial charge on any atom is 0.221 e. The van der Waals surface area contributed by atoms with Gasteiger partial charge in [-0.25, -0.2) is 0 Å². The molecule has 0 radical (unpaired) electrons. The van der Waals surface area contributed by atoms with E-state index < -0.39 is 0 Å². The summed E-state index contributed by atoms with van der Waals surface area (Å²) >= 11 is 0. The molecular weight excluding hydrogens is 430 g/mol. The second-order valence-corrected chi connectivity index (χ2v) is 10.9. The summed E-state index contributed by atoms with van der Waals surface area (Å²) in [6.45, 7) is 5.18. The standard InChI is InChI=1S/C31H41N3O/c1-23-8-7-11-25(20-23)28(21-31(35)33-26-14-17-32-18-15-26)29-22-34(30-13-6-5-12-27(29)30)19-16-24-9-3-2-4-10-24/h5-8,11-13,20,22,24,26,28,32H,2-4,9-10,14-19,21H2,1H3,(H,33,35). The van der Waals surface area contributed by atoms with Crippen molar-refractivity contribution in [3.8, 4) is 0 Å². The number of amides is 1. The second-order valence-electron chi connectivity index (χ2n) is 10.9. The van der Waals surface area contributed by atoms with Crippen molar-refractivity contribution in [3.05, 3.63) is 71.4 Å². The number of rotatable bonds is 8. The number of piperidine rings is 1. The van der Waals surface area contributed by atoms with Gasteiger partial charge in [0, 0.05) is 42.0 Å². The van der Waals surface area contributed by atoms with E-state index in [4.69, 9.17) is 0 Å². The normalized spacial score (nSPS) is 18.5. The number of nitrogens with one attached hydrogen (secondary N) is 2. The molecule has 186 valence electrons. The predicted octanol–water partition coefficient (Wildman–Crippen LogP) is 6.31. The third-order valence-corrected chi connectivity index (χ3v) is 8.24. The van der Waals surface area contributed by atoms with Gasteiger partial charge in [-0.15, -0.1) is 0 Å². The highest BCUT2D eigenvalue weighted by molar-refractivity contribution is 5.86. The highest BCUT2D eigenvalue weighted by Gasteiger charge is 2.25. The van der Waals surface area contributed by atoms with E-state index in [1.54, 1.807) is 0 Å². The van der Waals surface area contributed by atoms with Crippen molar-refractivity contribution in [2.45, 2.75) is 83.2 Å². The third kappa shape index (κ3) is 5.98. The van der Waals surface area contributed by atoms with Crippen LogP contribution >= 0.6 is 0 Å². The molecular formula is C31H41N3O. The maximum absolute atomic E-state index is 13.3. The third-order valence-electron chi connectivity index (χ3n) is 8.24. The fourth-order valence-corrected chi connectivity index (χ4v) is 6.27. The molecule has 35 heavy (non-hydrogen) atoms. The summed E-state index contributed by atoms with van der Waals surface area (Å²) in [6, 6.07) is 17.8. The fraction of sp³-hybridized carbons (Fsp3) is 0.516. The van der Waals surface area contributed by atoms with Gasteiger partial charge in [0.25, 0.3) is 0 Å². The number of aromatic nitrogens is 1. The van der Waals surface area contributed by atoms with Crippen molar-refractivity contribution in [1.29, 1.82) is 0 Å². The maximum atomic E-state index is 13.3.